The zero-order valence-electron chi connectivity index (χ0n) is 10.1. The van der Waals surface area contributed by atoms with Crippen molar-refractivity contribution in [3.05, 3.63) is 41.9 Å². The van der Waals surface area contributed by atoms with Crippen molar-refractivity contribution in [2.24, 2.45) is 0 Å². The lowest BCUT2D eigenvalue weighted by Crippen LogP contribution is -2.32. The van der Waals surface area contributed by atoms with Crippen LogP contribution in [0.5, 0.6) is 0 Å². The smallest absolute Gasteiger partial charge is 0.445 e. The van der Waals surface area contributed by atoms with Gasteiger partial charge in [-0.25, -0.2) is 0 Å². The average molecular weight is 242 g/mol. The van der Waals surface area contributed by atoms with Crippen LogP contribution >= 0.6 is 0 Å². The molecule has 0 saturated carbocycles. The summed E-state index contributed by atoms with van der Waals surface area (Å²) in [4.78, 5) is 1.66. The third kappa shape index (κ3) is 3.84. The summed E-state index contributed by atoms with van der Waals surface area (Å²) < 4.78 is 37.4. The van der Waals surface area contributed by atoms with E-state index in [1.807, 2.05) is 38.1 Å². The van der Waals surface area contributed by atoms with Gasteiger partial charge in [0.2, 0.25) is 0 Å². The van der Waals surface area contributed by atoms with Crippen LogP contribution in [0.2, 0.25) is 0 Å². The first-order chi connectivity index (χ1) is 7.84. The quantitative estimate of drug-likeness (QED) is 0.710. The molecule has 0 amide bonds. The SMILES string of the molecule is C=C(CN(CC)c1ccc(C)cc1)[B-](F)(F)F. The van der Waals surface area contributed by atoms with E-state index < -0.39 is 12.4 Å². The number of likely N-dealkylation sites (N-methyl/N-ethyl adjacent to an activating group) is 1. The van der Waals surface area contributed by atoms with Gasteiger partial charge in [0.15, 0.2) is 0 Å². The van der Waals surface area contributed by atoms with Crippen LogP contribution in [0, 0.1) is 6.92 Å². The lowest BCUT2D eigenvalue weighted by Gasteiger charge is -2.28. The topological polar surface area (TPSA) is 3.24 Å². The van der Waals surface area contributed by atoms with Crippen molar-refractivity contribution in [1.29, 1.82) is 0 Å². The zero-order valence-corrected chi connectivity index (χ0v) is 10.1. The van der Waals surface area contributed by atoms with Crippen molar-refractivity contribution in [2.45, 2.75) is 13.8 Å². The summed E-state index contributed by atoms with van der Waals surface area (Å²) in [6.07, 6.45) is 0. The summed E-state index contributed by atoms with van der Waals surface area (Å²) in [5, 5.41) is 0. The highest BCUT2D eigenvalue weighted by Crippen LogP contribution is 2.22. The van der Waals surface area contributed by atoms with Gasteiger partial charge in [0.25, 0.3) is 0 Å². The molecule has 0 fully saturated rings. The lowest BCUT2D eigenvalue weighted by molar-refractivity contribution is 0.487. The number of rotatable bonds is 5. The highest BCUT2D eigenvalue weighted by atomic mass is 19.4. The molecule has 1 nitrogen and oxygen atoms in total. The largest absolute Gasteiger partial charge is 0.506 e. The number of anilines is 1. The van der Waals surface area contributed by atoms with Gasteiger partial charge in [-0.1, -0.05) is 17.7 Å². The molecule has 0 saturated heterocycles. The fraction of sp³-hybridized carbons (Fsp3) is 0.333. The van der Waals surface area contributed by atoms with Gasteiger partial charge in [0.1, 0.15) is 0 Å². The first-order valence-electron chi connectivity index (χ1n) is 5.53. The Morgan fingerprint density at radius 1 is 1.24 bits per heavy atom. The van der Waals surface area contributed by atoms with E-state index in [1.54, 1.807) is 4.90 Å². The van der Waals surface area contributed by atoms with Crippen LogP contribution in [0.15, 0.2) is 36.3 Å². The monoisotopic (exact) mass is 242 g/mol. The molecule has 17 heavy (non-hydrogen) atoms. The minimum atomic E-state index is -4.95. The predicted molar refractivity (Wildman–Crippen MR) is 67.3 cm³/mol. The molecular formula is C12H16BF3N-. The summed E-state index contributed by atoms with van der Waals surface area (Å²) >= 11 is 0. The van der Waals surface area contributed by atoms with Crippen LogP contribution in [-0.4, -0.2) is 20.1 Å². The van der Waals surface area contributed by atoms with E-state index in [9.17, 15) is 12.9 Å². The van der Waals surface area contributed by atoms with Gasteiger partial charge in [0, 0.05) is 18.8 Å². The molecule has 1 rings (SSSR count). The highest BCUT2D eigenvalue weighted by molar-refractivity contribution is 6.66. The van der Waals surface area contributed by atoms with Gasteiger partial charge < -0.3 is 17.8 Å². The molecule has 0 heterocycles. The van der Waals surface area contributed by atoms with Crippen molar-refractivity contribution in [1.82, 2.24) is 0 Å². The second-order valence-electron chi connectivity index (χ2n) is 4.08. The number of hydrogen-bond acceptors (Lipinski definition) is 1. The van der Waals surface area contributed by atoms with E-state index in [1.165, 1.54) is 0 Å². The van der Waals surface area contributed by atoms with E-state index in [0.717, 1.165) is 11.3 Å². The average Bonchev–Trinajstić information content (AvgIpc) is 2.25. The van der Waals surface area contributed by atoms with Crippen molar-refractivity contribution in [2.75, 3.05) is 18.0 Å². The van der Waals surface area contributed by atoms with E-state index in [-0.39, 0.29) is 6.54 Å². The van der Waals surface area contributed by atoms with Crippen LogP contribution in [0.25, 0.3) is 0 Å². The minimum Gasteiger partial charge on any atom is -0.445 e. The standard InChI is InChI=1S/C12H16BF3N/c1-4-17(9-11(3)13(14,15)16)12-7-5-10(2)6-8-12/h5-8H,3-4,9H2,1-2H3/q-1. The summed E-state index contributed by atoms with van der Waals surface area (Å²) in [6.45, 7) is 2.30. The highest BCUT2D eigenvalue weighted by Gasteiger charge is 2.27. The molecule has 0 aromatic heterocycles. The number of aryl methyl sites for hydroxylation is 1. The summed E-state index contributed by atoms with van der Waals surface area (Å²) in [5.41, 5.74) is 1.22. The second kappa shape index (κ2) is 5.30. The van der Waals surface area contributed by atoms with Crippen LogP contribution in [0.3, 0.4) is 0 Å². The second-order valence-corrected chi connectivity index (χ2v) is 4.08. The van der Waals surface area contributed by atoms with Crippen molar-refractivity contribution < 1.29 is 12.9 Å². The molecule has 0 radical (unpaired) electrons. The number of nitrogens with zero attached hydrogens (tertiary/aromatic N) is 1. The minimum absolute atomic E-state index is 0.164. The molecule has 0 bridgehead atoms. The summed E-state index contributed by atoms with van der Waals surface area (Å²) in [5.74, 6) is 0. The Hall–Kier alpha value is -1.39. The Balaban J connectivity index is 2.79. The third-order valence-corrected chi connectivity index (χ3v) is 2.64. The molecule has 0 N–H and O–H groups in total. The van der Waals surface area contributed by atoms with E-state index >= 15 is 0 Å². The van der Waals surface area contributed by atoms with Crippen LogP contribution in [-0.2, 0) is 0 Å². The van der Waals surface area contributed by atoms with Gasteiger partial charge in [-0.15, -0.1) is 12.1 Å². The molecule has 94 valence electrons. The maximum atomic E-state index is 12.5. The van der Waals surface area contributed by atoms with Crippen molar-refractivity contribution >= 4 is 12.7 Å². The van der Waals surface area contributed by atoms with Gasteiger partial charge in [-0.05, 0) is 26.0 Å². The van der Waals surface area contributed by atoms with E-state index in [2.05, 4.69) is 6.58 Å². The number of benzene rings is 1. The molecule has 1 aromatic carbocycles. The van der Waals surface area contributed by atoms with Crippen LogP contribution < -0.4 is 4.90 Å². The molecule has 0 spiro atoms. The van der Waals surface area contributed by atoms with Gasteiger partial charge in [-0.3, -0.25) is 0 Å². The maximum absolute atomic E-state index is 12.5. The maximum Gasteiger partial charge on any atom is 0.506 e. The van der Waals surface area contributed by atoms with E-state index in [0.29, 0.717) is 6.54 Å². The lowest BCUT2D eigenvalue weighted by atomic mass is 9.80. The number of halogens is 3. The van der Waals surface area contributed by atoms with Gasteiger partial charge >= 0.3 is 6.98 Å². The summed E-state index contributed by atoms with van der Waals surface area (Å²) in [7, 11) is 0. The van der Waals surface area contributed by atoms with Gasteiger partial charge in [0.05, 0.1) is 0 Å². The van der Waals surface area contributed by atoms with Gasteiger partial charge in [-0.2, -0.15) is 0 Å². The third-order valence-electron chi connectivity index (χ3n) is 2.64. The normalized spacial score (nSPS) is 11.4. The first kappa shape index (κ1) is 13.7. The van der Waals surface area contributed by atoms with Crippen molar-refractivity contribution in [3.63, 3.8) is 0 Å². The Bertz CT molecular complexity index is 384. The first-order valence-corrected chi connectivity index (χ1v) is 5.53. The fourth-order valence-corrected chi connectivity index (χ4v) is 1.49. The Labute approximate surface area is 100.0 Å². The molecule has 0 aliphatic heterocycles. The Kier molecular flexibility index (Phi) is 4.26. The van der Waals surface area contributed by atoms with Crippen LogP contribution in [0.4, 0.5) is 18.6 Å². The zero-order chi connectivity index (χ0) is 13.1. The van der Waals surface area contributed by atoms with Crippen LogP contribution in [0.1, 0.15) is 12.5 Å². The fourth-order valence-electron chi connectivity index (χ4n) is 1.49. The molecule has 0 aliphatic carbocycles. The molecule has 0 atom stereocenters. The molecular weight excluding hydrogens is 226 g/mol. The van der Waals surface area contributed by atoms with Crippen molar-refractivity contribution in [3.8, 4) is 0 Å². The molecule has 5 heteroatoms. The molecule has 0 unspecified atom stereocenters. The Morgan fingerprint density at radius 2 is 1.76 bits per heavy atom. The molecule has 0 aliphatic rings. The Morgan fingerprint density at radius 3 is 2.18 bits per heavy atom. The predicted octanol–water partition coefficient (Wildman–Crippen LogP) is 3.76. The number of hydrogen-bond donors (Lipinski definition) is 0. The molecule has 1 aromatic rings. The van der Waals surface area contributed by atoms with E-state index in [4.69, 9.17) is 0 Å². The summed E-state index contributed by atoms with van der Waals surface area (Å²) in [6, 6.07) is 7.43.